The molecule has 1 aromatic rings. The van der Waals surface area contributed by atoms with Gasteiger partial charge in [0.15, 0.2) is 0 Å². The molecule has 0 spiro atoms. The molecule has 1 fully saturated rings. The van der Waals surface area contributed by atoms with Crippen LogP contribution in [-0.4, -0.2) is 48.7 Å². The van der Waals surface area contributed by atoms with Crippen molar-refractivity contribution in [1.29, 1.82) is 0 Å². The summed E-state index contributed by atoms with van der Waals surface area (Å²) in [4.78, 5) is 0.302. The lowest BCUT2D eigenvalue weighted by atomic mass is 9.85. The second-order valence-electron chi connectivity index (χ2n) is 6.40. The van der Waals surface area contributed by atoms with Crippen molar-refractivity contribution in [3.05, 3.63) is 12.4 Å². The molecule has 0 unspecified atom stereocenters. The van der Waals surface area contributed by atoms with Crippen LogP contribution in [0.3, 0.4) is 0 Å². The second-order valence-corrected chi connectivity index (χ2v) is 8.34. The van der Waals surface area contributed by atoms with E-state index in [1.165, 1.54) is 6.20 Å². The number of likely N-dealkylation sites (N-methyl/N-ethyl adjacent to an activating group) is 1. The van der Waals surface area contributed by atoms with E-state index in [2.05, 4.69) is 24.3 Å². The van der Waals surface area contributed by atoms with Crippen LogP contribution in [0.15, 0.2) is 17.3 Å². The first kappa shape index (κ1) is 16.5. The Balaban J connectivity index is 2.09. The SMILES string of the molecule is CCNCCn1cc(S(=O)(=O)N2CCCC(C)(C)C2)cn1. The van der Waals surface area contributed by atoms with E-state index in [1.54, 1.807) is 15.2 Å². The van der Waals surface area contributed by atoms with Crippen molar-refractivity contribution in [2.24, 2.45) is 5.41 Å². The third-order valence-electron chi connectivity index (χ3n) is 3.88. The molecule has 0 atom stereocenters. The summed E-state index contributed by atoms with van der Waals surface area (Å²) in [7, 11) is -3.41. The molecule has 0 radical (unpaired) electrons. The molecule has 1 saturated heterocycles. The molecule has 1 aromatic heterocycles. The van der Waals surface area contributed by atoms with Gasteiger partial charge in [-0.2, -0.15) is 9.40 Å². The van der Waals surface area contributed by atoms with E-state index in [0.717, 1.165) is 25.9 Å². The molecule has 6 nitrogen and oxygen atoms in total. The summed E-state index contributed by atoms with van der Waals surface area (Å²) < 4.78 is 28.6. The molecule has 1 N–H and O–H groups in total. The van der Waals surface area contributed by atoms with Crippen LogP contribution < -0.4 is 5.32 Å². The number of piperidine rings is 1. The molecular weight excluding hydrogens is 288 g/mol. The molecular formula is C14H26N4O2S. The van der Waals surface area contributed by atoms with Gasteiger partial charge in [-0.05, 0) is 24.8 Å². The average Bonchev–Trinajstić information content (AvgIpc) is 2.87. The molecule has 1 aliphatic rings. The molecule has 0 bridgehead atoms. The van der Waals surface area contributed by atoms with Crippen LogP contribution >= 0.6 is 0 Å². The zero-order valence-corrected chi connectivity index (χ0v) is 14.0. The van der Waals surface area contributed by atoms with Gasteiger partial charge in [0.1, 0.15) is 4.90 Å². The van der Waals surface area contributed by atoms with Crippen molar-refractivity contribution in [2.75, 3.05) is 26.2 Å². The first-order valence-corrected chi connectivity index (χ1v) is 9.02. The van der Waals surface area contributed by atoms with Crippen LogP contribution in [-0.2, 0) is 16.6 Å². The molecule has 0 aliphatic carbocycles. The van der Waals surface area contributed by atoms with E-state index in [1.807, 2.05) is 6.92 Å². The van der Waals surface area contributed by atoms with Gasteiger partial charge in [0, 0.05) is 25.8 Å². The molecule has 2 rings (SSSR count). The minimum absolute atomic E-state index is 0.0480. The summed E-state index contributed by atoms with van der Waals surface area (Å²) in [5, 5.41) is 7.35. The summed E-state index contributed by atoms with van der Waals surface area (Å²) in [6, 6.07) is 0. The Morgan fingerprint density at radius 1 is 1.43 bits per heavy atom. The summed E-state index contributed by atoms with van der Waals surface area (Å²) >= 11 is 0. The molecule has 0 aromatic carbocycles. The molecule has 7 heteroatoms. The van der Waals surface area contributed by atoms with Crippen molar-refractivity contribution < 1.29 is 8.42 Å². The van der Waals surface area contributed by atoms with Crippen LogP contribution in [0.4, 0.5) is 0 Å². The molecule has 0 saturated carbocycles. The topological polar surface area (TPSA) is 67.2 Å². The molecule has 1 aliphatic heterocycles. The van der Waals surface area contributed by atoms with Gasteiger partial charge in [0.25, 0.3) is 0 Å². The van der Waals surface area contributed by atoms with Gasteiger partial charge < -0.3 is 5.32 Å². The van der Waals surface area contributed by atoms with E-state index in [-0.39, 0.29) is 5.41 Å². The van der Waals surface area contributed by atoms with Crippen LogP contribution in [0.2, 0.25) is 0 Å². The maximum absolute atomic E-state index is 12.7. The Labute approximate surface area is 127 Å². The normalized spacial score (nSPS) is 19.8. The highest BCUT2D eigenvalue weighted by atomic mass is 32.2. The lowest BCUT2D eigenvalue weighted by Crippen LogP contribution is -2.43. The van der Waals surface area contributed by atoms with Gasteiger partial charge in [0.05, 0.1) is 12.7 Å². The fourth-order valence-corrected chi connectivity index (χ4v) is 4.32. The minimum Gasteiger partial charge on any atom is -0.315 e. The second kappa shape index (κ2) is 6.46. The highest BCUT2D eigenvalue weighted by Crippen LogP contribution is 2.31. The van der Waals surface area contributed by atoms with E-state index in [9.17, 15) is 8.42 Å². The highest BCUT2D eigenvalue weighted by molar-refractivity contribution is 7.89. The fourth-order valence-electron chi connectivity index (χ4n) is 2.69. The first-order chi connectivity index (χ1) is 9.85. The Bertz CT molecular complexity index is 565. The number of nitrogens with zero attached hydrogens (tertiary/aromatic N) is 3. The number of nitrogens with one attached hydrogen (secondary N) is 1. The van der Waals surface area contributed by atoms with Gasteiger partial charge in [-0.1, -0.05) is 20.8 Å². The first-order valence-electron chi connectivity index (χ1n) is 7.58. The highest BCUT2D eigenvalue weighted by Gasteiger charge is 2.34. The molecule has 2 heterocycles. The summed E-state index contributed by atoms with van der Waals surface area (Å²) in [6.07, 6.45) is 5.08. The van der Waals surface area contributed by atoms with E-state index in [4.69, 9.17) is 0 Å². The van der Waals surface area contributed by atoms with Crippen molar-refractivity contribution in [3.8, 4) is 0 Å². The van der Waals surface area contributed by atoms with Gasteiger partial charge in [-0.3, -0.25) is 4.68 Å². The smallest absolute Gasteiger partial charge is 0.246 e. The quantitative estimate of drug-likeness (QED) is 0.804. The van der Waals surface area contributed by atoms with Crippen LogP contribution in [0.5, 0.6) is 0 Å². The van der Waals surface area contributed by atoms with E-state index in [0.29, 0.717) is 24.5 Å². The standard InChI is InChI=1S/C14H26N4O2S/c1-4-15-7-9-17-11-13(10-16-17)21(19,20)18-8-5-6-14(2,3)12-18/h10-11,15H,4-9,12H2,1-3H3. The monoisotopic (exact) mass is 314 g/mol. The predicted molar refractivity (Wildman–Crippen MR) is 82.5 cm³/mol. The number of aromatic nitrogens is 2. The molecule has 21 heavy (non-hydrogen) atoms. The Kier molecular flexibility index (Phi) is 5.06. The summed E-state index contributed by atoms with van der Waals surface area (Å²) in [5.41, 5.74) is 0.0480. The van der Waals surface area contributed by atoms with Crippen LogP contribution in [0.25, 0.3) is 0 Å². The van der Waals surface area contributed by atoms with Crippen molar-refractivity contribution in [3.63, 3.8) is 0 Å². The van der Waals surface area contributed by atoms with Crippen LogP contribution in [0.1, 0.15) is 33.6 Å². The van der Waals surface area contributed by atoms with Crippen LogP contribution in [0, 0.1) is 5.41 Å². The van der Waals surface area contributed by atoms with Crippen molar-refractivity contribution in [2.45, 2.75) is 45.1 Å². The number of rotatable bonds is 6. The third kappa shape index (κ3) is 4.05. The lowest BCUT2D eigenvalue weighted by Gasteiger charge is -2.36. The maximum atomic E-state index is 12.7. The fraction of sp³-hybridized carbons (Fsp3) is 0.786. The summed E-state index contributed by atoms with van der Waals surface area (Å²) in [5.74, 6) is 0. The van der Waals surface area contributed by atoms with E-state index < -0.39 is 10.0 Å². The maximum Gasteiger partial charge on any atom is 0.246 e. The Morgan fingerprint density at radius 2 is 2.19 bits per heavy atom. The lowest BCUT2D eigenvalue weighted by molar-refractivity contribution is 0.187. The third-order valence-corrected chi connectivity index (χ3v) is 5.68. The predicted octanol–water partition coefficient (Wildman–Crippen LogP) is 1.30. The number of hydrogen-bond donors (Lipinski definition) is 1. The van der Waals surface area contributed by atoms with Gasteiger partial charge in [0.2, 0.25) is 10.0 Å². The number of sulfonamides is 1. The van der Waals surface area contributed by atoms with Crippen molar-refractivity contribution in [1.82, 2.24) is 19.4 Å². The van der Waals surface area contributed by atoms with Crippen molar-refractivity contribution >= 4 is 10.0 Å². The molecule has 0 amide bonds. The van der Waals surface area contributed by atoms with Gasteiger partial charge in [-0.25, -0.2) is 8.42 Å². The van der Waals surface area contributed by atoms with E-state index >= 15 is 0 Å². The Hall–Kier alpha value is -0.920. The minimum atomic E-state index is -3.41. The average molecular weight is 314 g/mol. The summed E-state index contributed by atoms with van der Waals surface area (Å²) in [6.45, 7) is 9.82. The Morgan fingerprint density at radius 3 is 2.86 bits per heavy atom. The van der Waals surface area contributed by atoms with Gasteiger partial charge in [-0.15, -0.1) is 0 Å². The number of hydrogen-bond acceptors (Lipinski definition) is 4. The zero-order valence-electron chi connectivity index (χ0n) is 13.2. The largest absolute Gasteiger partial charge is 0.315 e. The molecule has 120 valence electrons. The zero-order chi connectivity index (χ0) is 15.5. The van der Waals surface area contributed by atoms with Gasteiger partial charge >= 0.3 is 0 Å².